The Bertz CT molecular complexity index is 1350. The van der Waals surface area contributed by atoms with Crippen molar-refractivity contribution in [3.8, 4) is 0 Å². The molecule has 0 aromatic heterocycles. The van der Waals surface area contributed by atoms with Gasteiger partial charge in [-0.1, -0.05) is 55.5 Å². The first-order valence-electron chi connectivity index (χ1n) is 11.7. The van der Waals surface area contributed by atoms with Gasteiger partial charge in [-0.2, -0.15) is 0 Å². The molecule has 3 aromatic carbocycles. The van der Waals surface area contributed by atoms with E-state index < -0.39 is 4.87 Å². The highest BCUT2D eigenvalue weighted by Crippen LogP contribution is 2.55. The molecule has 6 nitrogen and oxygen atoms in total. The van der Waals surface area contributed by atoms with E-state index in [-0.39, 0.29) is 30.0 Å². The number of aryl methyl sites for hydroxylation is 3. The summed E-state index contributed by atoms with van der Waals surface area (Å²) in [4.78, 5) is 42.4. The van der Waals surface area contributed by atoms with Gasteiger partial charge in [-0.15, -0.1) is 11.8 Å². The molecule has 5 rings (SSSR count). The van der Waals surface area contributed by atoms with Gasteiger partial charge in [0, 0.05) is 16.9 Å². The lowest BCUT2D eigenvalue weighted by molar-refractivity contribution is -0.124. The third kappa shape index (κ3) is 3.71. The summed E-state index contributed by atoms with van der Waals surface area (Å²) in [5.41, 5.74) is 5.90. The molecule has 2 aliphatic heterocycles. The average molecular weight is 486 g/mol. The Balaban J connectivity index is 1.52. The van der Waals surface area contributed by atoms with Gasteiger partial charge in [-0.25, -0.2) is 0 Å². The monoisotopic (exact) mass is 485 g/mol. The van der Waals surface area contributed by atoms with Crippen LogP contribution in [0.15, 0.2) is 66.7 Å². The molecule has 3 amide bonds. The zero-order valence-electron chi connectivity index (χ0n) is 20.0. The topological polar surface area (TPSA) is 69.7 Å². The smallest absolute Gasteiger partial charge is 0.269 e. The molecule has 0 radical (unpaired) electrons. The maximum absolute atomic E-state index is 14.1. The van der Waals surface area contributed by atoms with Crippen LogP contribution in [-0.4, -0.2) is 30.0 Å². The summed E-state index contributed by atoms with van der Waals surface area (Å²) in [7, 11) is 0. The maximum Gasteiger partial charge on any atom is 0.269 e. The second-order valence-electron chi connectivity index (χ2n) is 8.92. The lowest BCUT2D eigenvalue weighted by Gasteiger charge is -2.33. The van der Waals surface area contributed by atoms with Crippen molar-refractivity contribution in [3.63, 3.8) is 0 Å². The molecule has 0 saturated carbocycles. The number of carbonyl (C=O) groups excluding carboxylic acids is 3. The van der Waals surface area contributed by atoms with Crippen LogP contribution in [-0.2, 0) is 25.7 Å². The third-order valence-electron chi connectivity index (χ3n) is 6.63. The van der Waals surface area contributed by atoms with Crippen molar-refractivity contribution in [3.05, 3.63) is 89.0 Å². The number of rotatable bonds is 5. The first-order chi connectivity index (χ1) is 16.9. The summed E-state index contributed by atoms with van der Waals surface area (Å²) in [6.07, 6.45) is 0.788. The van der Waals surface area contributed by atoms with Gasteiger partial charge in [0.05, 0.1) is 11.4 Å². The van der Waals surface area contributed by atoms with E-state index in [1.807, 2.05) is 87.5 Å². The lowest BCUT2D eigenvalue weighted by Crippen LogP contribution is -2.50. The maximum atomic E-state index is 14.1. The van der Waals surface area contributed by atoms with E-state index in [9.17, 15) is 14.4 Å². The number of amides is 3. The molecule has 35 heavy (non-hydrogen) atoms. The molecule has 1 saturated heterocycles. The zero-order valence-corrected chi connectivity index (χ0v) is 20.8. The number of anilines is 3. The quantitative estimate of drug-likeness (QED) is 0.565. The number of nitrogens with one attached hydrogen (secondary N) is 1. The van der Waals surface area contributed by atoms with Gasteiger partial charge in [0.25, 0.3) is 5.91 Å². The number of benzene rings is 3. The lowest BCUT2D eigenvalue weighted by atomic mass is 10.0. The van der Waals surface area contributed by atoms with E-state index in [1.165, 1.54) is 16.7 Å². The number of hydrogen-bond donors (Lipinski definition) is 1. The van der Waals surface area contributed by atoms with Gasteiger partial charge >= 0.3 is 0 Å². The summed E-state index contributed by atoms with van der Waals surface area (Å²) in [5.74, 6) is -0.475. The van der Waals surface area contributed by atoms with Crippen molar-refractivity contribution in [2.24, 2.45) is 0 Å². The standard InChI is InChI=1S/C28H27N3O3S/c1-4-20-11-8-10-19(3)26(20)29-24(32)16-30-23-14-6-5-13-22(23)28(27(30)34)31(25(33)17-35-28)21-12-7-9-18(2)15-21/h5-15H,4,16-17H2,1-3H3,(H,29,32). The molecular formula is C28H27N3O3S. The third-order valence-corrected chi connectivity index (χ3v) is 8.02. The van der Waals surface area contributed by atoms with E-state index in [4.69, 9.17) is 0 Å². The molecule has 178 valence electrons. The van der Waals surface area contributed by atoms with Crippen molar-refractivity contribution in [1.29, 1.82) is 0 Å². The molecule has 1 atom stereocenters. The fourth-order valence-corrected chi connectivity index (χ4v) is 6.36. The molecule has 1 fully saturated rings. The van der Waals surface area contributed by atoms with Crippen molar-refractivity contribution >= 4 is 46.5 Å². The highest BCUT2D eigenvalue weighted by atomic mass is 32.2. The molecule has 0 bridgehead atoms. The number of carbonyl (C=O) groups is 3. The van der Waals surface area contributed by atoms with Crippen molar-refractivity contribution < 1.29 is 14.4 Å². The molecule has 1 unspecified atom stereocenters. The Morgan fingerprint density at radius 3 is 2.57 bits per heavy atom. The van der Waals surface area contributed by atoms with Crippen LogP contribution in [0.1, 0.15) is 29.2 Å². The van der Waals surface area contributed by atoms with Crippen LogP contribution >= 0.6 is 11.8 Å². The molecule has 1 spiro atoms. The van der Waals surface area contributed by atoms with Gasteiger partial charge in [0.1, 0.15) is 6.54 Å². The van der Waals surface area contributed by atoms with Crippen molar-refractivity contribution in [2.45, 2.75) is 32.1 Å². The second kappa shape index (κ2) is 8.89. The average Bonchev–Trinajstić information content (AvgIpc) is 3.31. The van der Waals surface area contributed by atoms with E-state index in [2.05, 4.69) is 5.32 Å². The minimum atomic E-state index is -1.22. The van der Waals surface area contributed by atoms with Gasteiger partial charge in [0.15, 0.2) is 0 Å². The zero-order chi connectivity index (χ0) is 24.7. The summed E-state index contributed by atoms with van der Waals surface area (Å²) >= 11 is 1.32. The normalized spacial score (nSPS) is 18.9. The molecular weight excluding hydrogens is 458 g/mol. The Kier molecular flexibility index (Phi) is 5.89. The first kappa shape index (κ1) is 23.2. The van der Waals surface area contributed by atoms with Crippen LogP contribution in [0.4, 0.5) is 17.1 Å². The van der Waals surface area contributed by atoms with Gasteiger partial charge in [-0.05, 0) is 55.2 Å². The SMILES string of the molecule is CCc1cccc(C)c1NC(=O)CN1C(=O)C2(SCC(=O)N2c2cccc(C)c2)c2ccccc21. The predicted molar refractivity (Wildman–Crippen MR) is 141 cm³/mol. The summed E-state index contributed by atoms with van der Waals surface area (Å²) in [6.45, 7) is 5.83. The van der Waals surface area contributed by atoms with Crippen LogP contribution < -0.4 is 15.1 Å². The predicted octanol–water partition coefficient (Wildman–Crippen LogP) is 4.78. The van der Waals surface area contributed by atoms with Crippen LogP contribution in [0, 0.1) is 13.8 Å². The molecule has 7 heteroatoms. The Morgan fingerprint density at radius 1 is 1.03 bits per heavy atom. The minimum Gasteiger partial charge on any atom is -0.324 e. The van der Waals surface area contributed by atoms with Gasteiger partial charge in [-0.3, -0.25) is 24.2 Å². The largest absolute Gasteiger partial charge is 0.324 e. The van der Waals surface area contributed by atoms with Crippen LogP contribution in [0.3, 0.4) is 0 Å². The van der Waals surface area contributed by atoms with Gasteiger partial charge < -0.3 is 5.32 Å². The van der Waals surface area contributed by atoms with Gasteiger partial charge in [0.2, 0.25) is 16.7 Å². The Morgan fingerprint density at radius 2 is 1.80 bits per heavy atom. The summed E-state index contributed by atoms with van der Waals surface area (Å²) < 4.78 is 0. The van der Waals surface area contributed by atoms with Crippen molar-refractivity contribution in [1.82, 2.24) is 0 Å². The Labute approximate surface area is 209 Å². The molecule has 3 aromatic rings. The van der Waals surface area contributed by atoms with Crippen molar-refractivity contribution in [2.75, 3.05) is 27.4 Å². The number of fused-ring (bicyclic) bond motifs is 2. The number of thioether (sulfide) groups is 1. The molecule has 1 N–H and O–H groups in total. The first-order valence-corrected chi connectivity index (χ1v) is 12.7. The fourth-order valence-electron chi connectivity index (χ4n) is 5.00. The highest BCUT2D eigenvalue weighted by molar-refractivity contribution is 8.02. The van der Waals surface area contributed by atoms with E-state index in [1.54, 1.807) is 4.90 Å². The van der Waals surface area contributed by atoms with Crippen LogP contribution in [0.25, 0.3) is 0 Å². The number of para-hydroxylation sites is 2. The molecule has 0 aliphatic carbocycles. The van der Waals surface area contributed by atoms with Crippen LogP contribution in [0.2, 0.25) is 0 Å². The van der Waals surface area contributed by atoms with Crippen LogP contribution in [0.5, 0.6) is 0 Å². The van der Waals surface area contributed by atoms with E-state index >= 15 is 0 Å². The molecule has 2 aliphatic rings. The minimum absolute atomic E-state index is 0.123. The number of hydrogen-bond acceptors (Lipinski definition) is 4. The number of nitrogens with zero attached hydrogens (tertiary/aromatic N) is 2. The molecule has 2 heterocycles. The summed E-state index contributed by atoms with van der Waals surface area (Å²) in [6, 6.07) is 21.0. The second-order valence-corrected chi connectivity index (χ2v) is 10.1. The summed E-state index contributed by atoms with van der Waals surface area (Å²) in [5, 5.41) is 3.03. The highest BCUT2D eigenvalue weighted by Gasteiger charge is 2.61. The van der Waals surface area contributed by atoms with E-state index in [0.29, 0.717) is 11.4 Å². The van der Waals surface area contributed by atoms with E-state index in [0.717, 1.165) is 34.4 Å². The fraction of sp³-hybridized carbons (Fsp3) is 0.250. The Hall–Kier alpha value is -3.58.